The van der Waals surface area contributed by atoms with Crippen molar-refractivity contribution < 1.29 is 9.59 Å². The summed E-state index contributed by atoms with van der Waals surface area (Å²) in [5.74, 6) is -0.486. The summed E-state index contributed by atoms with van der Waals surface area (Å²) >= 11 is 0. The number of nitrogens with zero attached hydrogens (tertiary/aromatic N) is 2. The van der Waals surface area contributed by atoms with Gasteiger partial charge >= 0.3 is 0 Å². The predicted octanol–water partition coefficient (Wildman–Crippen LogP) is 2.96. The Balaban J connectivity index is 1.36. The summed E-state index contributed by atoms with van der Waals surface area (Å²) < 4.78 is 0. The minimum Gasteiger partial charge on any atom is -0.369 e. The molecular weight excluding hydrogens is 376 g/mol. The van der Waals surface area contributed by atoms with Crippen molar-refractivity contribution >= 4 is 17.5 Å². The van der Waals surface area contributed by atoms with E-state index in [1.807, 2.05) is 18.2 Å². The SMILES string of the molecule is CC(C)(C)c1ccc(C(=O)NNC(=O)CCN2CCN(c3ccccc3)CC2)cc1. The third-order valence-corrected chi connectivity index (χ3v) is 5.48. The van der Waals surface area contributed by atoms with E-state index in [0.717, 1.165) is 31.7 Å². The van der Waals surface area contributed by atoms with Gasteiger partial charge in [0.15, 0.2) is 0 Å². The molecule has 2 aromatic carbocycles. The zero-order chi connectivity index (χ0) is 21.6. The smallest absolute Gasteiger partial charge is 0.269 e. The van der Waals surface area contributed by atoms with Gasteiger partial charge in [-0.2, -0.15) is 0 Å². The molecule has 2 amide bonds. The zero-order valence-electron chi connectivity index (χ0n) is 18.1. The molecule has 0 spiro atoms. The van der Waals surface area contributed by atoms with Crippen LogP contribution in [0.2, 0.25) is 0 Å². The fourth-order valence-corrected chi connectivity index (χ4v) is 3.51. The molecule has 0 unspecified atom stereocenters. The van der Waals surface area contributed by atoms with Gasteiger partial charge in [-0.3, -0.25) is 25.3 Å². The van der Waals surface area contributed by atoms with Crippen LogP contribution in [0.3, 0.4) is 0 Å². The molecule has 1 saturated heterocycles. The minimum absolute atomic E-state index is 0.0375. The normalized spacial score (nSPS) is 15.0. The first-order valence-corrected chi connectivity index (χ1v) is 10.5. The van der Waals surface area contributed by atoms with Crippen molar-refractivity contribution in [3.8, 4) is 0 Å². The number of hydrogen-bond acceptors (Lipinski definition) is 4. The van der Waals surface area contributed by atoms with Gasteiger partial charge in [-0.05, 0) is 35.2 Å². The van der Waals surface area contributed by atoms with Crippen LogP contribution in [-0.2, 0) is 10.2 Å². The minimum atomic E-state index is -0.305. The zero-order valence-corrected chi connectivity index (χ0v) is 18.1. The maximum Gasteiger partial charge on any atom is 0.269 e. The summed E-state index contributed by atoms with van der Waals surface area (Å²) in [6.07, 6.45) is 0.356. The van der Waals surface area contributed by atoms with Crippen molar-refractivity contribution in [3.63, 3.8) is 0 Å². The van der Waals surface area contributed by atoms with Crippen molar-refractivity contribution in [2.45, 2.75) is 32.6 Å². The number of carbonyl (C=O) groups is 2. The molecule has 0 aliphatic carbocycles. The van der Waals surface area contributed by atoms with Gasteiger partial charge in [0.1, 0.15) is 0 Å². The lowest BCUT2D eigenvalue weighted by Crippen LogP contribution is -2.48. The van der Waals surface area contributed by atoms with Crippen LogP contribution >= 0.6 is 0 Å². The monoisotopic (exact) mass is 408 g/mol. The molecule has 1 aliphatic heterocycles. The first-order valence-electron chi connectivity index (χ1n) is 10.5. The number of anilines is 1. The average molecular weight is 409 g/mol. The summed E-state index contributed by atoms with van der Waals surface area (Å²) in [7, 11) is 0. The molecule has 0 aromatic heterocycles. The van der Waals surface area contributed by atoms with Crippen molar-refractivity contribution in [1.82, 2.24) is 15.8 Å². The van der Waals surface area contributed by atoms with Crippen molar-refractivity contribution in [1.29, 1.82) is 0 Å². The Morgan fingerprint density at radius 3 is 2.10 bits per heavy atom. The number of piperazine rings is 1. The number of benzene rings is 2. The summed E-state index contributed by atoms with van der Waals surface area (Å²) in [5.41, 5.74) is 8.00. The summed E-state index contributed by atoms with van der Waals surface area (Å²) in [5, 5.41) is 0. The van der Waals surface area contributed by atoms with E-state index < -0.39 is 0 Å². The molecule has 30 heavy (non-hydrogen) atoms. The van der Waals surface area contributed by atoms with E-state index >= 15 is 0 Å². The highest BCUT2D eigenvalue weighted by Crippen LogP contribution is 2.22. The second-order valence-electron chi connectivity index (χ2n) is 8.74. The molecule has 6 nitrogen and oxygen atoms in total. The van der Waals surface area contributed by atoms with Gasteiger partial charge in [-0.25, -0.2) is 0 Å². The van der Waals surface area contributed by atoms with Crippen molar-refractivity contribution in [2.24, 2.45) is 0 Å². The maximum atomic E-state index is 12.2. The van der Waals surface area contributed by atoms with E-state index in [0.29, 0.717) is 18.5 Å². The molecule has 0 bridgehead atoms. The fourth-order valence-electron chi connectivity index (χ4n) is 3.51. The summed E-state index contributed by atoms with van der Waals surface area (Å²) in [6, 6.07) is 17.9. The molecule has 6 heteroatoms. The number of carbonyl (C=O) groups excluding carboxylic acids is 2. The van der Waals surface area contributed by atoms with Crippen LogP contribution in [0.1, 0.15) is 43.1 Å². The maximum absolute atomic E-state index is 12.2. The Hall–Kier alpha value is -2.86. The van der Waals surface area contributed by atoms with Gasteiger partial charge in [0, 0.05) is 50.4 Å². The molecule has 1 heterocycles. The molecule has 160 valence electrons. The molecule has 1 fully saturated rings. The second kappa shape index (κ2) is 9.76. The number of nitrogens with one attached hydrogen (secondary N) is 2. The molecule has 0 saturated carbocycles. The Labute approximate surface area is 179 Å². The van der Waals surface area contributed by atoms with E-state index in [2.05, 4.69) is 65.7 Å². The molecule has 2 N–H and O–H groups in total. The Morgan fingerprint density at radius 2 is 1.50 bits per heavy atom. The number of hydrogen-bond donors (Lipinski definition) is 2. The van der Waals surface area contributed by atoms with Crippen molar-refractivity contribution in [3.05, 3.63) is 65.7 Å². The van der Waals surface area contributed by atoms with Crippen LogP contribution in [0.25, 0.3) is 0 Å². The lowest BCUT2D eigenvalue weighted by molar-refractivity contribution is -0.122. The van der Waals surface area contributed by atoms with Crippen LogP contribution in [0.4, 0.5) is 5.69 Å². The van der Waals surface area contributed by atoms with Crippen LogP contribution in [0, 0.1) is 0 Å². The van der Waals surface area contributed by atoms with Crippen LogP contribution in [0.5, 0.6) is 0 Å². The highest BCUT2D eigenvalue weighted by atomic mass is 16.2. The molecule has 3 rings (SSSR count). The number of para-hydroxylation sites is 1. The molecule has 2 aromatic rings. The van der Waals surface area contributed by atoms with E-state index in [1.54, 1.807) is 12.1 Å². The standard InChI is InChI=1S/C24H32N4O2/c1-24(2,3)20-11-9-19(10-12-20)23(30)26-25-22(29)13-14-27-15-17-28(18-16-27)21-7-5-4-6-8-21/h4-12H,13-18H2,1-3H3,(H,25,29)(H,26,30). The van der Waals surface area contributed by atoms with Gasteiger partial charge < -0.3 is 4.90 Å². The van der Waals surface area contributed by atoms with E-state index in [4.69, 9.17) is 0 Å². The van der Waals surface area contributed by atoms with E-state index in [9.17, 15) is 9.59 Å². The quantitative estimate of drug-likeness (QED) is 0.747. The molecular formula is C24H32N4O2. The highest BCUT2D eigenvalue weighted by molar-refractivity contribution is 5.95. The Kier molecular flexibility index (Phi) is 7.11. The van der Waals surface area contributed by atoms with E-state index in [-0.39, 0.29) is 17.2 Å². The Morgan fingerprint density at radius 1 is 0.867 bits per heavy atom. The highest BCUT2D eigenvalue weighted by Gasteiger charge is 2.18. The van der Waals surface area contributed by atoms with Gasteiger partial charge in [0.05, 0.1) is 0 Å². The largest absolute Gasteiger partial charge is 0.369 e. The number of amides is 2. The first kappa shape index (κ1) is 21.8. The first-order chi connectivity index (χ1) is 14.3. The lowest BCUT2D eigenvalue weighted by atomic mass is 9.87. The fraction of sp³-hybridized carbons (Fsp3) is 0.417. The Bertz CT molecular complexity index is 836. The topological polar surface area (TPSA) is 64.7 Å². The second-order valence-corrected chi connectivity index (χ2v) is 8.74. The van der Waals surface area contributed by atoms with Crippen molar-refractivity contribution in [2.75, 3.05) is 37.6 Å². The number of rotatable bonds is 5. The van der Waals surface area contributed by atoms with E-state index in [1.165, 1.54) is 5.69 Å². The van der Waals surface area contributed by atoms with Gasteiger partial charge in [0.2, 0.25) is 5.91 Å². The lowest BCUT2D eigenvalue weighted by Gasteiger charge is -2.36. The van der Waals surface area contributed by atoms with Crippen LogP contribution in [0.15, 0.2) is 54.6 Å². The third-order valence-electron chi connectivity index (χ3n) is 5.48. The third kappa shape index (κ3) is 6.07. The predicted molar refractivity (Wildman–Crippen MR) is 120 cm³/mol. The number of hydrazine groups is 1. The van der Waals surface area contributed by atoms with Crippen LogP contribution in [-0.4, -0.2) is 49.4 Å². The average Bonchev–Trinajstić information content (AvgIpc) is 2.76. The summed E-state index contributed by atoms with van der Waals surface area (Å²) in [4.78, 5) is 29.0. The van der Waals surface area contributed by atoms with Gasteiger partial charge in [-0.1, -0.05) is 51.1 Å². The molecule has 0 atom stereocenters. The van der Waals surface area contributed by atoms with Gasteiger partial charge in [-0.15, -0.1) is 0 Å². The van der Waals surface area contributed by atoms with Gasteiger partial charge in [0.25, 0.3) is 5.91 Å². The summed E-state index contributed by atoms with van der Waals surface area (Å²) in [6.45, 7) is 10.8. The molecule has 1 aliphatic rings. The van der Waals surface area contributed by atoms with Crippen LogP contribution < -0.4 is 15.8 Å². The molecule has 0 radical (unpaired) electrons.